The molecule has 6 nitrogen and oxygen atoms in total. The summed E-state index contributed by atoms with van der Waals surface area (Å²) in [5.41, 5.74) is 0.927. The van der Waals surface area contributed by atoms with Crippen LogP contribution in [0.4, 0.5) is 5.69 Å². The standard InChI is InChI=1S/C15H19N3O3/c1-9(2)14-17-15(21-18-14)10(3)16-11-4-5-12-13(8-11)20-7-6-19-12/h4-5,8-10,16H,6-7H2,1-3H3. The van der Waals surface area contributed by atoms with Crippen molar-refractivity contribution in [2.45, 2.75) is 32.7 Å². The number of benzene rings is 1. The molecular weight excluding hydrogens is 270 g/mol. The summed E-state index contributed by atoms with van der Waals surface area (Å²) < 4.78 is 16.4. The monoisotopic (exact) mass is 289 g/mol. The zero-order valence-corrected chi connectivity index (χ0v) is 12.4. The zero-order chi connectivity index (χ0) is 14.8. The van der Waals surface area contributed by atoms with E-state index >= 15 is 0 Å². The lowest BCUT2D eigenvalue weighted by molar-refractivity contribution is 0.171. The number of fused-ring (bicyclic) bond motifs is 1. The molecule has 0 saturated carbocycles. The van der Waals surface area contributed by atoms with Crippen molar-refractivity contribution in [3.8, 4) is 11.5 Å². The van der Waals surface area contributed by atoms with Crippen molar-refractivity contribution in [2.75, 3.05) is 18.5 Å². The van der Waals surface area contributed by atoms with Gasteiger partial charge in [0.25, 0.3) is 0 Å². The van der Waals surface area contributed by atoms with E-state index < -0.39 is 0 Å². The quantitative estimate of drug-likeness (QED) is 0.932. The topological polar surface area (TPSA) is 69.4 Å². The minimum Gasteiger partial charge on any atom is -0.486 e. The second kappa shape index (κ2) is 5.63. The van der Waals surface area contributed by atoms with Crippen molar-refractivity contribution in [1.82, 2.24) is 10.1 Å². The minimum absolute atomic E-state index is 0.0763. The van der Waals surface area contributed by atoms with E-state index in [2.05, 4.69) is 15.5 Å². The van der Waals surface area contributed by atoms with Gasteiger partial charge >= 0.3 is 0 Å². The van der Waals surface area contributed by atoms with Gasteiger partial charge in [0, 0.05) is 17.7 Å². The van der Waals surface area contributed by atoms with Crippen LogP contribution in [-0.4, -0.2) is 23.4 Å². The molecule has 0 fully saturated rings. The molecule has 0 aliphatic carbocycles. The zero-order valence-electron chi connectivity index (χ0n) is 12.4. The van der Waals surface area contributed by atoms with Gasteiger partial charge in [-0.15, -0.1) is 0 Å². The summed E-state index contributed by atoms with van der Waals surface area (Å²) in [6.45, 7) is 7.22. The molecule has 2 heterocycles. The van der Waals surface area contributed by atoms with Crippen LogP contribution in [0.5, 0.6) is 11.5 Å². The summed E-state index contributed by atoms with van der Waals surface area (Å²) in [4.78, 5) is 4.40. The van der Waals surface area contributed by atoms with Gasteiger partial charge in [-0.3, -0.25) is 0 Å². The van der Waals surface area contributed by atoms with E-state index in [1.807, 2.05) is 39.0 Å². The lowest BCUT2D eigenvalue weighted by atomic mass is 10.2. The fourth-order valence-electron chi connectivity index (χ4n) is 2.10. The van der Waals surface area contributed by atoms with E-state index in [0.717, 1.165) is 23.0 Å². The van der Waals surface area contributed by atoms with Crippen molar-refractivity contribution < 1.29 is 14.0 Å². The molecule has 0 radical (unpaired) electrons. The molecule has 6 heteroatoms. The maximum Gasteiger partial charge on any atom is 0.248 e. The number of hydrogen-bond acceptors (Lipinski definition) is 6. The largest absolute Gasteiger partial charge is 0.486 e. The Morgan fingerprint density at radius 2 is 1.86 bits per heavy atom. The molecule has 0 spiro atoms. The first-order valence-electron chi connectivity index (χ1n) is 7.13. The summed E-state index contributed by atoms with van der Waals surface area (Å²) in [6.07, 6.45) is 0. The third kappa shape index (κ3) is 2.94. The highest BCUT2D eigenvalue weighted by molar-refractivity contribution is 5.55. The Morgan fingerprint density at radius 1 is 1.10 bits per heavy atom. The third-order valence-electron chi connectivity index (χ3n) is 3.27. The van der Waals surface area contributed by atoms with E-state index in [9.17, 15) is 0 Å². The van der Waals surface area contributed by atoms with Gasteiger partial charge in [0.2, 0.25) is 5.89 Å². The van der Waals surface area contributed by atoms with Gasteiger partial charge in [-0.25, -0.2) is 0 Å². The van der Waals surface area contributed by atoms with Crippen LogP contribution in [0, 0.1) is 0 Å². The molecule has 2 aromatic rings. The van der Waals surface area contributed by atoms with Crippen LogP contribution in [0.25, 0.3) is 0 Å². The van der Waals surface area contributed by atoms with Gasteiger partial charge in [0.05, 0.1) is 0 Å². The molecule has 1 N–H and O–H groups in total. The second-order valence-corrected chi connectivity index (χ2v) is 5.37. The molecular formula is C15H19N3O3. The minimum atomic E-state index is -0.0763. The lowest BCUT2D eigenvalue weighted by Crippen LogP contribution is -2.15. The predicted octanol–water partition coefficient (Wildman–Crippen LogP) is 3.14. The summed E-state index contributed by atoms with van der Waals surface area (Å²) in [5, 5.41) is 7.31. The molecule has 0 amide bonds. The fourth-order valence-corrected chi connectivity index (χ4v) is 2.10. The molecule has 3 rings (SSSR count). The maximum absolute atomic E-state index is 5.57. The predicted molar refractivity (Wildman–Crippen MR) is 77.9 cm³/mol. The highest BCUT2D eigenvalue weighted by Crippen LogP contribution is 2.33. The fraction of sp³-hybridized carbons (Fsp3) is 0.467. The average molecular weight is 289 g/mol. The number of hydrogen-bond donors (Lipinski definition) is 1. The van der Waals surface area contributed by atoms with Crippen molar-refractivity contribution in [3.05, 3.63) is 29.9 Å². The molecule has 112 valence electrons. The van der Waals surface area contributed by atoms with Crippen LogP contribution < -0.4 is 14.8 Å². The first-order valence-corrected chi connectivity index (χ1v) is 7.13. The van der Waals surface area contributed by atoms with Crippen LogP contribution in [0.1, 0.15) is 44.4 Å². The van der Waals surface area contributed by atoms with Gasteiger partial charge in [-0.1, -0.05) is 19.0 Å². The number of anilines is 1. The van der Waals surface area contributed by atoms with E-state index in [4.69, 9.17) is 14.0 Å². The number of aromatic nitrogens is 2. The van der Waals surface area contributed by atoms with Crippen LogP contribution in [0.3, 0.4) is 0 Å². The summed E-state index contributed by atoms with van der Waals surface area (Å²) in [6, 6.07) is 5.69. The molecule has 1 aromatic carbocycles. The molecule has 21 heavy (non-hydrogen) atoms. The van der Waals surface area contributed by atoms with Crippen molar-refractivity contribution in [3.63, 3.8) is 0 Å². The summed E-state index contributed by atoms with van der Waals surface area (Å²) in [5.74, 6) is 3.09. The van der Waals surface area contributed by atoms with E-state index in [-0.39, 0.29) is 12.0 Å². The highest BCUT2D eigenvalue weighted by Gasteiger charge is 2.17. The Hall–Kier alpha value is -2.24. The lowest BCUT2D eigenvalue weighted by Gasteiger charge is -2.20. The maximum atomic E-state index is 5.57. The van der Waals surface area contributed by atoms with Crippen LogP contribution >= 0.6 is 0 Å². The van der Waals surface area contributed by atoms with Gasteiger partial charge in [-0.05, 0) is 19.1 Å². The van der Waals surface area contributed by atoms with Crippen LogP contribution in [0.2, 0.25) is 0 Å². The molecule has 0 saturated heterocycles. The number of nitrogens with zero attached hydrogens (tertiary/aromatic N) is 2. The van der Waals surface area contributed by atoms with E-state index in [1.165, 1.54) is 0 Å². The normalized spacial score (nSPS) is 15.0. The Kier molecular flexibility index (Phi) is 3.68. The van der Waals surface area contributed by atoms with Crippen LogP contribution in [0.15, 0.2) is 22.7 Å². The van der Waals surface area contributed by atoms with Crippen LogP contribution in [-0.2, 0) is 0 Å². The Morgan fingerprint density at radius 3 is 2.57 bits per heavy atom. The number of ether oxygens (including phenoxy) is 2. The van der Waals surface area contributed by atoms with Crippen molar-refractivity contribution in [2.24, 2.45) is 0 Å². The van der Waals surface area contributed by atoms with Gasteiger partial charge in [-0.2, -0.15) is 4.98 Å². The van der Waals surface area contributed by atoms with Gasteiger partial charge in [0.1, 0.15) is 19.3 Å². The Labute approximate surface area is 123 Å². The summed E-state index contributed by atoms with van der Waals surface area (Å²) >= 11 is 0. The Balaban J connectivity index is 1.73. The van der Waals surface area contributed by atoms with Crippen molar-refractivity contribution in [1.29, 1.82) is 0 Å². The van der Waals surface area contributed by atoms with E-state index in [0.29, 0.717) is 19.1 Å². The number of rotatable bonds is 4. The van der Waals surface area contributed by atoms with Gasteiger partial charge < -0.3 is 19.3 Å². The smallest absolute Gasteiger partial charge is 0.248 e. The molecule has 1 aromatic heterocycles. The van der Waals surface area contributed by atoms with Gasteiger partial charge in [0.15, 0.2) is 17.3 Å². The van der Waals surface area contributed by atoms with E-state index in [1.54, 1.807) is 0 Å². The number of nitrogens with one attached hydrogen (secondary N) is 1. The highest BCUT2D eigenvalue weighted by atomic mass is 16.6. The second-order valence-electron chi connectivity index (χ2n) is 5.37. The van der Waals surface area contributed by atoms with Crippen molar-refractivity contribution >= 4 is 5.69 Å². The Bertz CT molecular complexity index is 624. The molecule has 1 atom stereocenters. The SMILES string of the molecule is CC(C)c1noc(C(C)Nc2ccc3c(c2)OCCO3)n1. The third-order valence-corrected chi connectivity index (χ3v) is 3.27. The molecule has 1 unspecified atom stereocenters. The molecule has 1 aliphatic heterocycles. The molecule has 0 bridgehead atoms. The average Bonchev–Trinajstić information content (AvgIpc) is 2.97. The first-order chi connectivity index (χ1) is 10.1. The summed E-state index contributed by atoms with van der Waals surface area (Å²) in [7, 11) is 0. The molecule has 1 aliphatic rings. The first kappa shape index (κ1) is 13.7.